The third-order valence-electron chi connectivity index (χ3n) is 3.04. The summed E-state index contributed by atoms with van der Waals surface area (Å²) in [5.74, 6) is 0. The first-order valence-corrected chi connectivity index (χ1v) is 7.77. The minimum atomic E-state index is 0.0738. The summed E-state index contributed by atoms with van der Waals surface area (Å²) in [4.78, 5) is 0. The van der Waals surface area contributed by atoms with Crippen molar-refractivity contribution in [1.29, 1.82) is 0 Å². The largest absolute Gasteiger partial charge is 0.369 e. The van der Waals surface area contributed by atoms with Crippen molar-refractivity contribution in [3.63, 3.8) is 0 Å². The average molecular weight is 328 g/mol. The van der Waals surface area contributed by atoms with Gasteiger partial charge in [0.05, 0.1) is 12.2 Å². The lowest BCUT2D eigenvalue weighted by Gasteiger charge is -2.28. The van der Waals surface area contributed by atoms with Crippen molar-refractivity contribution in [2.45, 2.75) is 58.8 Å². The van der Waals surface area contributed by atoms with E-state index in [9.17, 15) is 0 Å². The molecule has 108 valence electrons. The molecule has 0 saturated carbocycles. The number of rotatable bonds is 6. The van der Waals surface area contributed by atoms with Crippen molar-refractivity contribution in [1.82, 2.24) is 5.32 Å². The van der Waals surface area contributed by atoms with Crippen LogP contribution < -0.4 is 5.32 Å². The Kier molecular flexibility index (Phi) is 6.51. The Labute approximate surface area is 126 Å². The van der Waals surface area contributed by atoms with Crippen LogP contribution in [-0.2, 0) is 4.74 Å². The van der Waals surface area contributed by atoms with Gasteiger partial charge in [-0.1, -0.05) is 41.1 Å². The van der Waals surface area contributed by atoms with Gasteiger partial charge >= 0.3 is 0 Å². The molecule has 0 aliphatic heterocycles. The van der Waals surface area contributed by atoms with E-state index in [0.717, 1.165) is 17.4 Å². The van der Waals surface area contributed by atoms with Crippen molar-refractivity contribution < 1.29 is 4.74 Å². The number of benzene rings is 1. The Morgan fingerprint density at radius 2 is 1.89 bits per heavy atom. The molecule has 2 nitrogen and oxygen atoms in total. The lowest BCUT2D eigenvalue weighted by molar-refractivity contribution is -0.00765. The topological polar surface area (TPSA) is 21.3 Å². The zero-order chi connectivity index (χ0) is 14.5. The molecule has 0 fully saturated rings. The summed E-state index contributed by atoms with van der Waals surface area (Å²) in [6, 6.07) is 8.29. The smallest absolute Gasteiger partial charge is 0.0963 e. The van der Waals surface area contributed by atoms with Crippen LogP contribution in [0.5, 0.6) is 0 Å². The number of halogens is 1. The van der Waals surface area contributed by atoms with E-state index < -0.39 is 0 Å². The second-order valence-corrected chi connectivity index (χ2v) is 6.85. The first-order chi connectivity index (χ1) is 8.83. The number of hydrogen-bond donors (Lipinski definition) is 1. The summed E-state index contributed by atoms with van der Waals surface area (Å²) in [6.07, 6.45) is 1.36. The van der Waals surface area contributed by atoms with Gasteiger partial charge in [0.1, 0.15) is 0 Å². The van der Waals surface area contributed by atoms with Gasteiger partial charge in [-0.15, -0.1) is 0 Å². The molecule has 0 saturated heterocycles. The molecule has 0 spiro atoms. The molecule has 1 N–H and O–H groups in total. The van der Waals surface area contributed by atoms with Crippen molar-refractivity contribution in [3.8, 4) is 0 Å². The molecule has 0 heterocycles. The normalized spacial score (nSPS) is 15.3. The zero-order valence-corrected chi connectivity index (χ0v) is 14.3. The predicted molar refractivity (Wildman–Crippen MR) is 85.5 cm³/mol. The van der Waals surface area contributed by atoms with Crippen LogP contribution in [0, 0.1) is 0 Å². The lowest BCUT2D eigenvalue weighted by atomic mass is 10.1. The second kappa shape index (κ2) is 7.41. The molecule has 0 aliphatic rings. The monoisotopic (exact) mass is 327 g/mol. The van der Waals surface area contributed by atoms with Gasteiger partial charge < -0.3 is 10.1 Å². The highest BCUT2D eigenvalue weighted by Crippen LogP contribution is 2.27. The third-order valence-corrected chi connectivity index (χ3v) is 3.76. The summed E-state index contributed by atoms with van der Waals surface area (Å²) in [6.45, 7) is 11.6. The third kappa shape index (κ3) is 6.07. The van der Waals surface area contributed by atoms with Gasteiger partial charge in [-0.05, 0) is 45.7 Å². The quantitative estimate of drug-likeness (QED) is 0.818. The Bertz CT molecular complexity index is 387. The van der Waals surface area contributed by atoms with Gasteiger partial charge in [-0.25, -0.2) is 0 Å². The molecule has 0 radical (unpaired) electrons. The van der Waals surface area contributed by atoms with Crippen LogP contribution in [0.4, 0.5) is 0 Å². The molecular weight excluding hydrogens is 302 g/mol. The van der Waals surface area contributed by atoms with Gasteiger partial charge in [-0.2, -0.15) is 0 Å². The molecule has 19 heavy (non-hydrogen) atoms. The highest BCUT2D eigenvalue weighted by atomic mass is 79.9. The van der Waals surface area contributed by atoms with Gasteiger partial charge in [0.2, 0.25) is 0 Å². The van der Waals surface area contributed by atoms with E-state index in [2.05, 4.69) is 74.1 Å². The summed E-state index contributed by atoms with van der Waals surface area (Å²) >= 11 is 3.62. The number of nitrogens with one attached hydrogen (secondary N) is 1. The molecule has 0 bridgehead atoms. The molecule has 3 heteroatoms. The highest BCUT2D eigenvalue weighted by molar-refractivity contribution is 9.10. The van der Waals surface area contributed by atoms with Gasteiger partial charge in [0.15, 0.2) is 0 Å². The van der Waals surface area contributed by atoms with E-state index in [1.54, 1.807) is 0 Å². The highest BCUT2D eigenvalue weighted by Gasteiger charge is 2.20. The fraction of sp³-hybridized carbons (Fsp3) is 0.625. The standard InChI is InChI=1S/C16H26BrNO/c1-6-12(2)19-15(11-18-16(3,4)5)13-9-7-8-10-14(13)17/h7-10,12,15,18H,6,11H2,1-5H3. The Morgan fingerprint density at radius 1 is 1.26 bits per heavy atom. The van der Waals surface area contributed by atoms with Crippen LogP contribution in [0.2, 0.25) is 0 Å². The van der Waals surface area contributed by atoms with Crippen LogP contribution in [0.1, 0.15) is 52.7 Å². The van der Waals surface area contributed by atoms with E-state index in [-0.39, 0.29) is 17.7 Å². The maximum Gasteiger partial charge on any atom is 0.0963 e. The number of hydrogen-bond acceptors (Lipinski definition) is 2. The zero-order valence-electron chi connectivity index (χ0n) is 12.7. The lowest BCUT2D eigenvalue weighted by Crippen LogP contribution is -2.39. The van der Waals surface area contributed by atoms with Crippen molar-refractivity contribution in [2.24, 2.45) is 0 Å². The molecule has 0 aliphatic carbocycles. The van der Waals surface area contributed by atoms with E-state index >= 15 is 0 Å². The molecule has 0 amide bonds. The van der Waals surface area contributed by atoms with Crippen molar-refractivity contribution >= 4 is 15.9 Å². The van der Waals surface area contributed by atoms with E-state index in [1.807, 2.05) is 6.07 Å². The Hall–Kier alpha value is -0.380. The molecular formula is C16H26BrNO. The first-order valence-electron chi connectivity index (χ1n) is 6.98. The van der Waals surface area contributed by atoms with Gasteiger partial charge in [0.25, 0.3) is 0 Å². The summed E-state index contributed by atoms with van der Waals surface area (Å²) < 4.78 is 7.28. The van der Waals surface area contributed by atoms with Crippen LogP contribution in [-0.4, -0.2) is 18.2 Å². The minimum Gasteiger partial charge on any atom is -0.369 e. The summed E-state index contributed by atoms with van der Waals surface area (Å²) in [5.41, 5.74) is 1.30. The SMILES string of the molecule is CCC(C)OC(CNC(C)(C)C)c1ccccc1Br. The van der Waals surface area contributed by atoms with Crippen molar-refractivity contribution in [3.05, 3.63) is 34.3 Å². The second-order valence-electron chi connectivity index (χ2n) is 6.00. The fourth-order valence-corrected chi connectivity index (χ4v) is 2.28. The van der Waals surface area contributed by atoms with Crippen LogP contribution in [0.25, 0.3) is 0 Å². The van der Waals surface area contributed by atoms with Crippen LogP contribution in [0.3, 0.4) is 0 Å². The predicted octanol–water partition coefficient (Wildman–Crippen LogP) is 4.69. The van der Waals surface area contributed by atoms with Crippen LogP contribution >= 0.6 is 15.9 Å². The fourth-order valence-electron chi connectivity index (χ4n) is 1.74. The van der Waals surface area contributed by atoms with E-state index in [1.165, 1.54) is 5.56 Å². The summed E-state index contributed by atoms with van der Waals surface area (Å²) in [5, 5.41) is 3.53. The maximum atomic E-state index is 6.17. The molecule has 2 atom stereocenters. The Morgan fingerprint density at radius 3 is 2.42 bits per heavy atom. The molecule has 1 rings (SSSR count). The number of ether oxygens (including phenoxy) is 1. The summed E-state index contributed by atoms with van der Waals surface area (Å²) in [7, 11) is 0. The average Bonchev–Trinajstić information content (AvgIpc) is 2.34. The molecule has 0 aromatic heterocycles. The molecule has 2 unspecified atom stereocenters. The van der Waals surface area contributed by atoms with E-state index in [4.69, 9.17) is 4.74 Å². The Balaban J connectivity index is 2.83. The molecule has 1 aromatic rings. The van der Waals surface area contributed by atoms with Gasteiger partial charge in [-0.3, -0.25) is 0 Å². The minimum absolute atomic E-state index is 0.0738. The first kappa shape index (κ1) is 16.7. The molecule has 1 aromatic carbocycles. The maximum absolute atomic E-state index is 6.17. The van der Waals surface area contributed by atoms with Crippen molar-refractivity contribution in [2.75, 3.05) is 6.54 Å². The van der Waals surface area contributed by atoms with Crippen LogP contribution in [0.15, 0.2) is 28.7 Å². The van der Waals surface area contributed by atoms with Gasteiger partial charge in [0, 0.05) is 16.6 Å². The van der Waals surface area contributed by atoms with E-state index in [0.29, 0.717) is 0 Å².